The Bertz CT molecular complexity index is 744. The van der Waals surface area contributed by atoms with Gasteiger partial charge in [-0.3, -0.25) is 4.79 Å². The van der Waals surface area contributed by atoms with Gasteiger partial charge in [-0.15, -0.1) is 0 Å². The highest BCUT2D eigenvalue weighted by Crippen LogP contribution is 2.19. The number of benzene rings is 1. The Kier molecular flexibility index (Phi) is 5.29. The summed E-state index contributed by atoms with van der Waals surface area (Å²) in [6.07, 6.45) is 0.899. The number of amides is 1. The lowest BCUT2D eigenvalue weighted by Gasteiger charge is -2.08. The third kappa shape index (κ3) is 6.54. The SMILES string of the molecule is CS(=O)(=O)CCS(=O)(=O)CC(=O)Nc1cc(F)ccc1N. The minimum atomic E-state index is -3.88. The summed E-state index contributed by atoms with van der Waals surface area (Å²) in [6, 6.07) is 3.27. The summed E-state index contributed by atoms with van der Waals surface area (Å²) in [6.45, 7) is 0. The first kappa shape index (κ1) is 17.4. The van der Waals surface area contributed by atoms with E-state index in [1.807, 2.05) is 0 Å². The van der Waals surface area contributed by atoms with Gasteiger partial charge in [0.25, 0.3) is 0 Å². The second-order valence-corrected chi connectivity index (χ2v) is 8.95. The molecule has 1 aromatic carbocycles. The standard InChI is InChI=1S/C11H15FN2O5S2/c1-20(16,17)4-5-21(18,19)7-11(15)14-10-6-8(12)2-3-9(10)13/h2-3,6H,4-5,7,13H2,1H3,(H,14,15). The summed E-state index contributed by atoms with van der Waals surface area (Å²) in [5.74, 6) is -3.68. The molecule has 118 valence electrons. The van der Waals surface area contributed by atoms with E-state index in [2.05, 4.69) is 5.32 Å². The van der Waals surface area contributed by atoms with Crippen LogP contribution in [0.25, 0.3) is 0 Å². The molecule has 1 rings (SSSR count). The number of hydrogen-bond acceptors (Lipinski definition) is 6. The summed E-state index contributed by atoms with van der Waals surface area (Å²) in [5.41, 5.74) is 5.55. The molecule has 0 aliphatic heterocycles. The van der Waals surface area contributed by atoms with Crippen LogP contribution in [0.2, 0.25) is 0 Å². The number of halogens is 1. The predicted molar refractivity (Wildman–Crippen MR) is 77.8 cm³/mol. The zero-order chi connectivity index (χ0) is 16.3. The molecule has 0 saturated carbocycles. The number of rotatable bonds is 6. The molecule has 0 aliphatic rings. The van der Waals surface area contributed by atoms with E-state index in [1.165, 1.54) is 6.07 Å². The van der Waals surface area contributed by atoms with E-state index in [1.54, 1.807) is 0 Å². The van der Waals surface area contributed by atoms with E-state index in [9.17, 15) is 26.0 Å². The molecule has 0 heterocycles. The number of nitrogens with two attached hydrogens (primary N) is 1. The topological polar surface area (TPSA) is 123 Å². The molecular formula is C11H15FN2O5S2. The van der Waals surface area contributed by atoms with Gasteiger partial charge in [-0.05, 0) is 18.2 Å². The van der Waals surface area contributed by atoms with E-state index in [0.29, 0.717) is 0 Å². The average molecular weight is 338 g/mol. The lowest BCUT2D eigenvalue weighted by Crippen LogP contribution is -2.27. The molecule has 10 heteroatoms. The van der Waals surface area contributed by atoms with E-state index in [-0.39, 0.29) is 11.4 Å². The molecule has 0 bridgehead atoms. The molecular weight excluding hydrogens is 323 g/mol. The van der Waals surface area contributed by atoms with Crippen molar-refractivity contribution in [2.75, 3.05) is 34.6 Å². The lowest BCUT2D eigenvalue weighted by molar-refractivity contribution is -0.113. The molecule has 21 heavy (non-hydrogen) atoms. The highest BCUT2D eigenvalue weighted by molar-refractivity contribution is 7.95. The zero-order valence-corrected chi connectivity index (χ0v) is 12.8. The molecule has 0 spiro atoms. The summed E-state index contributed by atoms with van der Waals surface area (Å²) >= 11 is 0. The summed E-state index contributed by atoms with van der Waals surface area (Å²) in [7, 11) is -7.33. The van der Waals surface area contributed by atoms with Gasteiger partial charge in [0.15, 0.2) is 9.84 Å². The number of carbonyl (C=O) groups excluding carboxylic acids is 1. The Hall–Kier alpha value is -1.68. The van der Waals surface area contributed by atoms with Crippen LogP contribution in [0.5, 0.6) is 0 Å². The first-order valence-corrected chi connectivity index (χ1v) is 9.60. The van der Waals surface area contributed by atoms with Gasteiger partial charge >= 0.3 is 0 Å². The molecule has 1 aromatic rings. The van der Waals surface area contributed by atoms with Gasteiger partial charge in [0.05, 0.1) is 22.9 Å². The van der Waals surface area contributed by atoms with Crippen molar-refractivity contribution in [3.05, 3.63) is 24.0 Å². The van der Waals surface area contributed by atoms with Crippen molar-refractivity contribution in [3.63, 3.8) is 0 Å². The first-order chi connectivity index (χ1) is 9.48. The quantitative estimate of drug-likeness (QED) is 0.693. The Morgan fingerprint density at radius 1 is 1.24 bits per heavy atom. The molecule has 0 aliphatic carbocycles. The molecule has 1 amide bonds. The number of nitrogen functional groups attached to an aromatic ring is 1. The van der Waals surface area contributed by atoms with E-state index >= 15 is 0 Å². The first-order valence-electron chi connectivity index (χ1n) is 5.71. The molecule has 0 radical (unpaired) electrons. The van der Waals surface area contributed by atoms with Crippen LogP contribution in [0.1, 0.15) is 0 Å². The molecule has 0 atom stereocenters. The van der Waals surface area contributed by atoms with Gasteiger partial charge in [0, 0.05) is 6.26 Å². The molecule has 0 aromatic heterocycles. The Morgan fingerprint density at radius 3 is 2.43 bits per heavy atom. The summed E-state index contributed by atoms with van der Waals surface area (Å²) < 4.78 is 58.0. The number of anilines is 2. The third-order valence-electron chi connectivity index (χ3n) is 2.41. The second-order valence-electron chi connectivity index (χ2n) is 4.50. The average Bonchev–Trinajstić information content (AvgIpc) is 2.30. The number of sulfone groups is 2. The van der Waals surface area contributed by atoms with Crippen LogP contribution in [-0.4, -0.2) is 46.3 Å². The fourth-order valence-electron chi connectivity index (χ4n) is 1.37. The normalized spacial score (nSPS) is 12.1. The van der Waals surface area contributed by atoms with Gasteiger partial charge < -0.3 is 11.1 Å². The molecule has 3 N–H and O–H groups in total. The smallest absolute Gasteiger partial charge is 0.239 e. The van der Waals surface area contributed by atoms with Crippen molar-refractivity contribution in [2.24, 2.45) is 0 Å². The lowest BCUT2D eigenvalue weighted by atomic mass is 10.2. The Balaban J connectivity index is 2.71. The van der Waals surface area contributed by atoms with Crippen LogP contribution < -0.4 is 11.1 Å². The second kappa shape index (κ2) is 6.39. The van der Waals surface area contributed by atoms with Gasteiger partial charge in [0.2, 0.25) is 5.91 Å². The predicted octanol–water partition coefficient (Wildman–Crippen LogP) is -0.194. The third-order valence-corrected chi connectivity index (χ3v) is 5.14. The van der Waals surface area contributed by atoms with Gasteiger partial charge in [-0.1, -0.05) is 0 Å². The van der Waals surface area contributed by atoms with Gasteiger partial charge in [0.1, 0.15) is 21.4 Å². The number of nitrogens with one attached hydrogen (secondary N) is 1. The van der Waals surface area contributed by atoms with E-state index in [4.69, 9.17) is 5.73 Å². The maximum atomic E-state index is 13.0. The highest BCUT2D eigenvalue weighted by atomic mass is 32.2. The minimum Gasteiger partial charge on any atom is -0.397 e. The minimum absolute atomic E-state index is 0.0432. The zero-order valence-electron chi connectivity index (χ0n) is 11.2. The maximum Gasteiger partial charge on any atom is 0.239 e. The fourth-order valence-corrected chi connectivity index (χ4v) is 4.22. The van der Waals surface area contributed by atoms with Crippen LogP contribution in [-0.2, 0) is 24.5 Å². The maximum absolute atomic E-state index is 13.0. The molecule has 7 nitrogen and oxygen atoms in total. The highest BCUT2D eigenvalue weighted by Gasteiger charge is 2.19. The fraction of sp³-hybridized carbons (Fsp3) is 0.364. The van der Waals surface area contributed by atoms with Crippen LogP contribution in [0, 0.1) is 5.82 Å². The monoisotopic (exact) mass is 338 g/mol. The van der Waals surface area contributed by atoms with Crippen molar-refractivity contribution in [3.8, 4) is 0 Å². The van der Waals surface area contributed by atoms with Crippen LogP contribution in [0.15, 0.2) is 18.2 Å². The van der Waals surface area contributed by atoms with Crippen molar-refractivity contribution in [1.29, 1.82) is 0 Å². The number of carbonyl (C=O) groups is 1. The van der Waals surface area contributed by atoms with Crippen molar-refractivity contribution < 1.29 is 26.0 Å². The van der Waals surface area contributed by atoms with Crippen LogP contribution in [0.4, 0.5) is 15.8 Å². The number of hydrogen-bond donors (Lipinski definition) is 2. The van der Waals surface area contributed by atoms with E-state index < -0.39 is 48.7 Å². The van der Waals surface area contributed by atoms with Crippen molar-refractivity contribution >= 4 is 37.0 Å². The van der Waals surface area contributed by atoms with Crippen LogP contribution in [0.3, 0.4) is 0 Å². The van der Waals surface area contributed by atoms with E-state index in [0.717, 1.165) is 18.4 Å². The Morgan fingerprint density at radius 2 is 1.86 bits per heavy atom. The van der Waals surface area contributed by atoms with Crippen molar-refractivity contribution in [1.82, 2.24) is 0 Å². The Labute approximate surface area is 122 Å². The molecule has 0 unspecified atom stereocenters. The summed E-state index contributed by atoms with van der Waals surface area (Å²) in [5, 5.41) is 2.17. The summed E-state index contributed by atoms with van der Waals surface area (Å²) in [4.78, 5) is 11.6. The van der Waals surface area contributed by atoms with Gasteiger partial charge in [-0.2, -0.15) is 0 Å². The molecule has 0 saturated heterocycles. The largest absolute Gasteiger partial charge is 0.397 e. The van der Waals surface area contributed by atoms with Crippen molar-refractivity contribution in [2.45, 2.75) is 0 Å². The van der Waals surface area contributed by atoms with Crippen LogP contribution >= 0.6 is 0 Å². The van der Waals surface area contributed by atoms with Gasteiger partial charge in [-0.25, -0.2) is 21.2 Å². The molecule has 0 fully saturated rings.